The van der Waals surface area contributed by atoms with Gasteiger partial charge in [-0.05, 0) is 48.0 Å². The van der Waals surface area contributed by atoms with Crippen molar-refractivity contribution < 1.29 is 27.5 Å². The molecule has 0 bridgehead atoms. The number of nitrogens with one attached hydrogen (secondary N) is 1. The van der Waals surface area contributed by atoms with Gasteiger partial charge in [-0.1, -0.05) is 22.0 Å². The fraction of sp³-hybridized carbons (Fsp3) is 0.211. The second kappa shape index (κ2) is 10.7. The summed E-state index contributed by atoms with van der Waals surface area (Å²) in [5.74, 6) is -0.622. The number of anilines is 1. The number of hydrogen-bond acceptors (Lipinski definition) is 7. The van der Waals surface area contributed by atoms with Crippen LogP contribution in [0.5, 0.6) is 5.75 Å². The summed E-state index contributed by atoms with van der Waals surface area (Å²) in [4.78, 5) is 23.2. The molecule has 160 valence electrons. The van der Waals surface area contributed by atoms with Crippen LogP contribution in [-0.4, -0.2) is 53.0 Å². The minimum absolute atomic E-state index is 0.200. The molecule has 0 aliphatic heterocycles. The molecule has 0 aliphatic rings. The van der Waals surface area contributed by atoms with Gasteiger partial charge in [0.15, 0.2) is 6.61 Å². The minimum Gasteiger partial charge on any atom is -0.482 e. The average molecular weight is 498 g/mol. The van der Waals surface area contributed by atoms with E-state index in [9.17, 15) is 18.0 Å². The van der Waals surface area contributed by atoms with E-state index in [4.69, 9.17) is 4.74 Å². The van der Waals surface area contributed by atoms with Crippen molar-refractivity contribution in [3.8, 4) is 5.75 Å². The number of carbonyl (C=O) groups excluding carboxylic acids is 2. The molecule has 1 N–H and O–H groups in total. The first-order valence-electron chi connectivity index (χ1n) is 8.54. The highest BCUT2D eigenvalue weighted by Gasteiger charge is 2.20. The molecule has 1 amide bonds. The number of nitrogens with zero attached hydrogens (tertiary/aromatic N) is 2. The smallest absolute Gasteiger partial charge is 0.343 e. The number of halogens is 1. The number of methoxy groups -OCH3 is 1. The maximum Gasteiger partial charge on any atom is 0.343 e. The van der Waals surface area contributed by atoms with Gasteiger partial charge in [-0.25, -0.2) is 18.6 Å². The molecule has 2 aromatic rings. The molecule has 2 aromatic carbocycles. The van der Waals surface area contributed by atoms with Crippen LogP contribution in [0.25, 0.3) is 0 Å². The molecule has 0 saturated heterocycles. The lowest BCUT2D eigenvalue weighted by molar-refractivity contribution is -0.142. The summed E-state index contributed by atoms with van der Waals surface area (Å²) in [7, 11) is -2.40. The van der Waals surface area contributed by atoms with Gasteiger partial charge in [0.05, 0.1) is 25.3 Å². The fourth-order valence-corrected chi connectivity index (χ4v) is 3.46. The normalized spacial score (nSPS) is 11.2. The summed E-state index contributed by atoms with van der Waals surface area (Å²) in [5, 5.41) is 3.83. The Labute approximate surface area is 182 Å². The van der Waals surface area contributed by atoms with Crippen molar-refractivity contribution in [1.82, 2.24) is 5.43 Å². The van der Waals surface area contributed by atoms with E-state index in [1.807, 2.05) is 0 Å². The summed E-state index contributed by atoms with van der Waals surface area (Å²) >= 11 is 3.28. The zero-order valence-electron chi connectivity index (χ0n) is 16.2. The van der Waals surface area contributed by atoms with Crippen LogP contribution in [-0.2, 0) is 24.3 Å². The first kappa shape index (κ1) is 23.4. The largest absolute Gasteiger partial charge is 0.482 e. The van der Waals surface area contributed by atoms with Crippen molar-refractivity contribution in [1.29, 1.82) is 0 Å². The summed E-state index contributed by atoms with van der Waals surface area (Å²) < 4.78 is 35.5. The molecule has 0 spiro atoms. The quantitative estimate of drug-likeness (QED) is 0.321. The maximum atomic E-state index is 12.2. The van der Waals surface area contributed by atoms with Crippen molar-refractivity contribution in [3.63, 3.8) is 0 Å². The van der Waals surface area contributed by atoms with E-state index in [2.05, 4.69) is 31.2 Å². The third-order valence-electron chi connectivity index (χ3n) is 3.65. The molecule has 0 radical (unpaired) electrons. The number of rotatable bonds is 9. The topological polar surface area (TPSA) is 114 Å². The van der Waals surface area contributed by atoms with Gasteiger partial charge < -0.3 is 9.47 Å². The van der Waals surface area contributed by atoms with E-state index < -0.39 is 28.4 Å². The fourth-order valence-electron chi connectivity index (χ4n) is 2.23. The van der Waals surface area contributed by atoms with Crippen LogP contribution in [0.2, 0.25) is 0 Å². The zero-order chi connectivity index (χ0) is 22.1. The number of hydrogen-bond donors (Lipinski definition) is 1. The third-order valence-corrected chi connectivity index (χ3v) is 5.28. The van der Waals surface area contributed by atoms with Crippen LogP contribution in [0.4, 0.5) is 5.69 Å². The zero-order valence-corrected chi connectivity index (χ0v) is 18.6. The SMILES string of the molecule is COC(=O)COc1ccc(/C=N/NC(=O)CN(c2cccc(Br)c2)S(C)(=O)=O)cc1. The molecule has 0 fully saturated rings. The Balaban J connectivity index is 1.95. The number of hydrazone groups is 1. The molecule has 0 aromatic heterocycles. The summed E-state index contributed by atoms with van der Waals surface area (Å²) in [6.07, 6.45) is 2.42. The predicted molar refractivity (Wildman–Crippen MR) is 116 cm³/mol. The Morgan fingerprint density at radius 3 is 2.50 bits per heavy atom. The van der Waals surface area contributed by atoms with E-state index >= 15 is 0 Å². The van der Waals surface area contributed by atoms with Gasteiger partial charge in [-0.3, -0.25) is 9.10 Å². The Bertz CT molecular complexity index is 1020. The second-order valence-electron chi connectivity index (χ2n) is 5.98. The Kier molecular flexibility index (Phi) is 8.36. The summed E-state index contributed by atoms with van der Waals surface area (Å²) in [6.45, 7) is -0.623. The van der Waals surface area contributed by atoms with Crippen molar-refractivity contribution >= 4 is 49.7 Å². The molecular formula is C19H20BrN3O6S. The molecule has 0 aliphatic carbocycles. The van der Waals surface area contributed by atoms with Gasteiger partial charge in [0.25, 0.3) is 5.91 Å². The third kappa shape index (κ3) is 7.48. The lowest BCUT2D eigenvalue weighted by Crippen LogP contribution is -2.39. The highest BCUT2D eigenvalue weighted by molar-refractivity contribution is 9.10. The highest BCUT2D eigenvalue weighted by atomic mass is 79.9. The van der Waals surface area contributed by atoms with Crippen LogP contribution in [0.1, 0.15) is 5.56 Å². The maximum absolute atomic E-state index is 12.2. The van der Waals surface area contributed by atoms with Crippen molar-refractivity contribution in [2.24, 2.45) is 5.10 Å². The molecule has 9 nitrogen and oxygen atoms in total. The standard InChI is InChI=1S/C19H20BrN3O6S/c1-28-19(25)13-29-17-8-6-14(7-9-17)11-21-22-18(24)12-23(30(2,26)27)16-5-3-4-15(20)10-16/h3-11H,12-13H2,1-2H3,(H,22,24)/b21-11+. The van der Waals surface area contributed by atoms with Crippen LogP contribution < -0.4 is 14.5 Å². The Morgan fingerprint density at radius 2 is 1.90 bits per heavy atom. The molecule has 0 unspecified atom stereocenters. The van der Waals surface area contributed by atoms with Gasteiger partial charge in [0.2, 0.25) is 10.0 Å². The van der Waals surface area contributed by atoms with Gasteiger partial charge >= 0.3 is 5.97 Å². The minimum atomic E-state index is -3.67. The molecule has 0 saturated carbocycles. The number of esters is 1. The van der Waals surface area contributed by atoms with E-state index in [1.54, 1.807) is 48.5 Å². The van der Waals surface area contributed by atoms with Gasteiger partial charge in [0, 0.05) is 4.47 Å². The van der Waals surface area contributed by atoms with Crippen LogP contribution in [0, 0.1) is 0 Å². The van der Waals surface area contributed by atoms with E-state index in [0.717, 1.165) is 10.6 Å². The van der Waals surface area contributed by atoms with E-state index in [1.165, 1.54) is 13.3 Å². The van der Waals surface area contributed by atoms with E-state index in [0.29, 0.717) is 21.5 Å². The van der Waals surface area contributed by atoms with Crippen LogP contribution in [0.15, 0.2) is 58.1 Å². The summed E-state index contributed by atoms with van der Waals surface area (Å²) in [6, 6.07) is 13.2. The average Bonchev–Trinajstić information content (AvgIpc) is 2.70. The van der Waals surface area contributed by atoms with Crippen molar-refractivity contribution in [3.05, 3.63) is 58.6 Å². The molecule has 11 heteroatoms. The molecule has 0 heterocycles. The first-order valence-corrected chi connectivity index (χ1v) is 11.2. The first-order chi connectivity index (χ1) is 14.2. The molecule has 0 atom stereocenters. The number of benzene rings is 2. The molecular weight excluding hydrogens is 478 g/mol. The van der Waals surface area contributed by atoms with Gasteiger partial charge in [-0.2, -0.15) is 5.10 Å². The Morgan fingerprint density at radius 1 is 1.20 bits per heavy atom. The highest BCUT2D eigenvalue weighted by Crippen LogP contribution is 2.21. The predicted octanol–water partition coefficient (Wildman–Crippen LogP) is 1.92. The van der Waals surface area contributed by atoms with Crippen LogP contribution >= 0.6 is 15.9 Å². The molecule has 30 heavy (non-hydrogen) atoms. The van der Waals surface area contributed by atoms with Gasteiger partial charge in [-0.15, -0.1) is 0 Å². The lowest BCUT2D eigenvalue weighted by atomic mass is 10.2. The second-order valence-corrected chi connectivity index (χ2v) is 8.80. The number of amides is 1. The monoisotopic (exact) mass is 497 g/mol. The van der Waals surface area contributed by atoms with Gasteiger partial charge in [0.1, 0.15) is 12.3 Å². The van der Waals surface area contributed by atoms with E-state index in [-0.39, 0.29) is 6.61 Å². The molecule has 2 rings (SSSR count). The number of ether oxygens (including phenoxy) is 2. The number of sulfonamides is 1. The van der Waals surface area contributed by atoms with Crippen molar-refractivity contribution in [2.45, 2.75) is 0 Å². The van der Waals surface area contributed by atoms with Crippen LogP contribution in [0.3, 0.4) is 0 Å². The lowest BCUT2D eigenvalue weighted by Gasteiger charge is -2.21. The summed E-state index contributed by atoms with van der Waals surface area (Å²) in [5.41, 5.74) is 3.32. The Hall–Kier alpha value is -2.92. The van der Waals surface area contributed by atoms with Crippen molar-refractivity contribution in [2.75, 3.05) is 30.8 Å². The number of carbonyl (C=O) groups is 2.